The molecule has 0 spiro atoms. The molecule has 1 heterocycles. The van der Waals surface area contributed by atoms with Gasteiger partial charge in [-0.25, -0.2) is 0 Å². The average molecular weight is 132 g/mol. The van der Waals surface area contributed by atoms with Crippen molar-refractivity contribution in [3.8, 4) is 0 Å². The summed E-state index contributed by atoms with van der Waals surface area (Å²) in [6, 6.07) is 1.34. The van der Waals surface area contributed by atoms with Crippen molar-refractivity contribution in [3.05, 3.63) is 0 Å². The van der Waals surface area contributed by atoms with Crippen LogP contribution in [-0.2, 0) is 9.47 Å². The fourth-order valence-electron chi connectivity index (χ4n) is 0.495. The van der Waals surface area contributed by atoms with E-state index < -0.39 is 0 Å². The lowest BCUT2D eigenvalue weighted by Crippen LogP contribution is -1.96. The van der Waals surface area contributed by atoms with E-state index in [1.807, 2.05) is 0 Å². The van der Waals surface area contributed by atoms with Gasteiger partial charge in [0.15, 0.2) is 6.29 Å². The highest BCUT2D eigenvalue weighted by atomic mass is 28.1. The third kappa shape index (κ3) is 2.45. The summed E-state index contributed by atoms with van der Waals surface area (Å²) in [5, 5.41) is 0. The molecule has 0 amide bonds. The van der Waals surface area contributed by atoms with Crippen LogP contribution in [0.1, 0.15) is 6.42 Å². The van der Waals surface area contributed by atoms with E-state index in [-0.39, 0.29) is 6.29 Å². The zero-order valence-corrected chi connectivity index (χ0v) is 7.22. The maximum Gasteiger partial charge on any atom is 0.181 e. The lowest BCUT2D eigenvalue weighted by Gasteiger charge is -1.94. The van der Waals surface area contributed by atoms with E-state index in [0.717, 1.165) is 13.2 Å². The summed E-state index contributed by atoms with van der Waals surface area (Å²) in [6.07, 6.45) is 1.38. The van der Waals surface area contributed by atoms with Crippen LogP contribution in [0.4, 0.5) is 0 Å². The van der Waals surface area contributed by atoms with Gasteiger partial charge < -0.3 is 9.47 Å². The number of hydrogen-bond acceptors (Lipinski definition) is 2. The largest absolute Gasteiger partial charge is 0.350 e. The summed E-state index contributed by atoms with van der Waals surface area (Å²) in [4.78, 5) is 0. The zero-order valence-electron chi connectivity index (χ0n) is 5.22. The molecule has 1 aliphatic heterocycles. The first-order chi connectivity index (χ1) is 3.93. The molecule has 0 aromatic heterocycles. The zero-order chi connectivity index (χ0) is 5.82. The predicted molar refractivity (Wildman–Crippen MR) is 35.1 cm³/mol. The number of ether oxygens (including phenoxy) is 2. The summed E-state index contributed by atoms with van der Waals surface area (Å²) >= 11 is 0. The fourth-order valence-corrected chi connectivity index (χ4v) is 0.783. The van der Waals surface area contributed by atoms with Gasteiger partial charge in [-0.05, 0) is 6.42 Å². The van der Waals surface area contributed by atoms with E-state index in [1.54, 1.807) is 0 Å². The normalized spacial score (nSPS) is 26.2. The summed E-state index contributed by atoms with van der Waals surface area (Å²) in [7, 11) is 1.30. The number of rotatable bonds is 4. The SMILES string of the molecule is [SiH3]CCCOC1CO1. The molecule has 3 heteroatoms. The van der Waals surface area contributed by atoms with Crippen LogP contribution in [0.5, 0.6) is 0 Å². The topological polar surface area (TPSA) is 21.8 Å². The van der Waals surface area contributed by atoms with E-state index in [1.165, 1.54) is 22.7 Å². The third-order valence-corrected chi connectivity index (χ3v) is 1.81. The van der Waals surface area contributed by atoms with Gasteiger partial charge in [0.2, 0.25) is 0 Å². The molecule has 1 aliphatic rings. The van der Waals surface area contributed by atoms with Gasteiger partial charge in [0, 0.05) is 16.8 Å². The second kappa shape index (κ2) is 3.22. The number of epoxide rings is 1. The highest BCUT2D eigenvalue weighted by Crippen LogP contribution is 2.10. The van der Waals surface area contributed by atoms with Gasteiger partial charge in [-0.1, -0.05) is 6.04 Å². The Labute approximate surface area is 52.6 Å². The van der Waals surface area contributed by atoms with Crippen molar-refractivity contribution < 1.29 is 9.47 Å². The Morgan fingerprint density at radius 2 is 2.50 bits per heavy atom. The van der Waals surface area contributed by atoms with Crippen LogP contribution in [-0.4, -0.2) is 29.7 Å². The summed E-state index contributed by atoms with van der Waals surface area (Å²) < 4.78 is 10.0. The minimum Gasteiger partial charge on any atom is -0.350 e. The minimum absolute atomic E-state index is 0.170. The standard InChI is InChI=1S/C5H12O2Si/c8-3-1-2-6-5-4-7-5/h5H,1-4H2,8H3. The molecule has 1 fully saturated rings. The summed E-state index contributed by atoms with van der Waals surface area (Å²) in [6.45, 7) is 1.72. The lowest BCUT2D eigenvalue weighted by molar-refractivity contribution is 0.0508. The highest BCUT2D eigenvalue weighted by molar-refractivity contribution is 6.08. The molecule has 1 rings (SSSR count). The summed E-state index contributed by atoms with van der Waals surface area (Å²) in [5.41, 5.74) is 0. The van der Waals surface area contributed by atoms with Gasteiger partial charge in [0.05, 0.1) is 0 Å². The number of hydrogen-bond donors (Lipinski definition) is 0. The molecule has 8 heavy (non-hydrogen) atoms. The Balaban J connectivity index is 1.74. The predicted octanol–water partition coefficient (Wildman–Crippen LogP) is -0.467. The average Bonchev–Trinajstić information content (AvgIpc) is 2.51. The van der Waals surface area contributed by atoms with Crippen LogP contribution >= 0.6 is 0 Å². The van der Waals surface area contributed by atoms with E-state index in [2.05, 4.69) is 0 Å². The lowest BCUT2D eigenvalue weighted by atomic mass is 10.5. The second-order valence-corrected chi connectivity index (χ2v) is 2.99. The minimum atomic E-state index is 0.170. The van der Waals surface area contributed by atoms with Crippen molar-refractivity contribution in [3.63, 3.8) is 0 Å². The molecule has 0 radical (unpaired) electrons. The quantitative estimate of drug-likeness (QED) is 0.293. The summed E-state index contributed by atoms with van der Waals surface area (Å²) in [5.74, 6) is 0. The van der Waals surface area contributed by atoms with Crippen LogP contribution in [0.3, 0.4) is 0 Å². The van der Waals surface area contributed by atoms with E-state index in [0.29, 0.717) is 0 Å². The van der Waals surface area contributed by atoms with Crippen LogP contribution in [0.2, 0.25) is 6.04 Å². The third-order valence-electron chi connectivity index (χ3n) is 1.10. The Morgan fingerprint density at radius 3 is 3.00 bits per heavy atom. The molecule has 2 nitrogen and oxygen atoms in total. The highest BCUT2D eigenvalue weighted by Gasteiger charge is 2.22. The van der Waals surface area contributed by atoms with Crippen molar-refractivity contribution in [1.29, 1.82) is 0 Å². The smallest absolute Gasteiger partial charge is 0.181 e. The molecule has 0 aromatic carbocycles. The van der Waals surface area contributed by atoms with Crippen LogP contribution in [0, 0.1) is 0 Å². The van der Waals surface area contributed by atoms with Crippen LogP contribution < -0.4 is 0 Å². The maximum absolute atomic E-state index is 5.19. The fraction of sp³-hybridized carbons (Fsp3) is 1.00. The van der Waals surface area contributed by atoms with Gasteiger partial charge in [0.25, 0.3) is 0 Å². The first-order valence-electron chi connectivity index (χ1n) is 3.16. The molecule has 0 aliphatic carbocycles. The molecule has 0 saturated carbocycles. The molecule has 0 aromatic rings. The van der Waals surface area contributed by atoms with E-state index >= 15 is 0 Å². The van der Waals surface area contributed by atoms with Crippen molar-refractivity contribution >= 4 is 10.2 Å². The van der Waals surface area contributed by atoms with Gasteiger partial charge in [-0.3, -0.25) is 0 Å². The van der Waals surface area contributed by atoms with Gasteiger partial charge in [0.1, 0.15) is 6.61 Å². The molecule has 1 unspecified atom stereocenters. The van der Waals surface area contributed by atoms with Crippen molar-refractivity contribution in [2.24, 2.45) is 0 Å². The Hall–Kier alpha value is 0.137. The van der Waals surface area contributed by atoms with Crippen molar-refractivity contribution in [2.45, 2.75) is 18.8 Å². The second-order valence-electron chi connectivity index (χ2n) is 1.99. The van der Waals surface area contributed by atoms with Gasteiger partial charge in [-0.2, -0.15) is 0 Å². The Morgan fingerprint density at radius 1 is 1.75 bits per heavy atom. The Bertz CT molecular complexity index is 63.4. The van der Waals surface area contributed by atoms with Crippen LogP contribution in [0.15, 0.2) is 0 Å². The van der Waals surface area contributed by atoms with E-state index in [4.69, 9.17) is 9.47 Å². The molecule has 0 N–H and O–H groups in total. The molecule has 48 valence electrons. The van der Waals surface area contributed by atoms with Gasteiger partial charge >= 0.3 is 0 Å². The first-order valence-corrected chi connectivity index (χ1v) is 4.58. The molecule has 1 saturated heterocycles. The van der Waals surface area contributed by atoms with E-state index in [9.17, 15) is 0 Å². The maximum atomic E-state index is 5.19. The monoisotopic (exact) mass is 132 g/mol. The van der Waals surface area contributed by atoms with Crippen molar-refractivity contribution in [1.82, 2.24) is 0 Å². The molecular formula is C5H12O2Si. The first kappa shape index (κ1) is 6.26. The van der Waals surface area contributed by atoms with Crippen molar-refractivity contribution in [2.75, 3.05) is 13.2 Å². The Kier molecular flexibility index (Phi) is 2.52. The van der Waals surface area contributed by atoms with Crippen LogP contribution in [0.25, 0.3) is 0 Å². The molecular weight excluding hydrogens is 120 g/mol. The van der Waals surface area contributed by atoms with Gasteiger partial charge in [-0.15, -0.1) is 0 Å². The molecule has 1 atom stereocenters. The molecule has 0 bridgehead atoms.